The Morgan fingerprint density at radius 3 is 2.71 bits per heavy atom. The predicted octanol–water partition coefficient (Wildman–Crippen LogP) is 5.59. The maximum absolute atomic E-state index is 13.7. The number of phenolic OH excluding ortho intramolecular Hbond substituents is 1. The first-order valence-electron chi connectivity index (χ1n) is 12.8. The van der Waals surface area contributed by atoms with Crippen LogP contribution in [-0.4, -0.2) is 44.6 Å². The van der Waals surface area contributed by atoms with Gasteiger partial charge in [-0.15, -0.1) is 0 Å². The Hall–Kier alpha value is -4.17. The number of halogens is 1. The number of benzene rings is 3. The van der Waals surface area contributed by atoms with E-state index < -0.39 is 0 Å². The van der Waals surface area contributed by atoms with Crippen LogP contribution in [0.15, 0.2) is 85.3 Å². The number of rotatable bonds is 9. The second kappa shape index (κ2) is 11.5. The van der Waals surface area contributed by atoms with Gasteiger partial charge in [-0.05, 0) is 48.4 Å². The van der Waals surface area contributed by atoms with Crippen molar-refractivity contribution in [3.05, 3.63) is 102 Å². The maximum atomic E-state index is 13.7. The summed E-state index contributed by atoms with van der Waals surface area (Å²) in [6.07, 6.45) is 5.48. The van der Waals surface area contributed by atoms with Crippen LogP contribution in [0.1, 0.15) is 31.0 Å². The van der Waals surface area contributed by atoms with Crippen LogP contribution in [0.3, 0.4) is 0 Å². The molecule has 1 fully saturated rings. The third-order valence-corrected chi connectivity index (χ3v) is 6.78. The molecule has 3 aromatic carbocycles. The topological polar surface area (TPSA) is 70.8 Å². The highest BCUT2D eigenvalue weighted by Crippen LogP contribution is 2.35. The summed E-state index contributed by atoms with van der Waals surface area (Å²) in [5, 5.41) is 9.82. The van der Waals surface area contributed by atoms with Gasteiger partial charge in [-0.3, -0.25) is 9.69 Å². The van der Waals surface area contributed by atoms with Gasteiger partial charge in [0, 0.05) is 37.9 Å². The molecule has 7 nitrogen and oxygen atoms in total. The van der Waals surface area contributed by atoms with Gasteiger partial charge in [0.2, 0.25) is 5.91 Å². The number of phenols is 1. The van der Waals surface area contributed by atoms with Crippen LogP contribution >= 0.6 is 0 Å². The van der Waals surface area contributed by atoms with Crippen molar-refractivity contribution in [2.45, 2.75) is 38.9 Å². The molecule has 1 atom stereocenters. The summed E-state index contributed by atoms with van der Waals surface area (Å²) in [6.45, 7) is 4.02. The van der Waals surface area contributed by atoms with Gasteiger partial charge in [-0.1, -0.05) is 43.7 Å². The highest BCUT2D eigenvalue weighted by molar-refractivity contribution is 5.97. The molecule has 0 spiro atoms. The Balaban J connectivity index is 1.34. The van der Waals surface area contributed by atoms with Gasteiger partial charge in [0.15, 0.2) is 5.75 Å². The minimum atomic E-state index is -0.262. The van der Waals surface area contributed by atoms with E-state index in [4.69, 9.17) is 4.74 Å². The molecule has 38 heavy (non-hydrogen) atoms. The van der Waals surface area contributed by atoms with Crippen molar-refractivity contribution in [3.63, 3.8) is 0 Å². The van der Waals surface area contributed by atoms with E-state index in [-0.39, 0.29) is 30.1 Å². The lowest BCUT2D eigenvalue weighted by molar-refractivity contribution is -0.122. The van der Waals surface area contributed by atoms with Gasteiger partial charge < -0.3 is 19.3 Å². The third kappa shape index (κ3) is 5.86. The Morgan fingerprint density at radius 2 is 1.89 bits per heavy atom. The molecule has 1 aliphatic rings. The summed E-state index contributed by atoms with van der Waals surface area (Å²) in [7, 11) is 0. The van der Waals surface area contributed by atoms with Gasteiger partial charge >= 0.3 is 0 Å². The van der Waals surface area contributed by atoms with Crippen LogP contribution in [-0.2, 0) is 17.9 Å². The molecule has 0 bridgehead atoms. The van der Waals surface area contributed by atoms with Gasteiger partial charge in [-0.2, -0.15) is 0 Å². The number of hydrogen-bond donors (Lipinski definition) is 1. The Bertz CT molecular complexity index is 1410. The second-order valence-electron chi connectivity index (χ2n) is 9.56. The molecule has 5 rings (SSSR count). The van der Waals surface area contributed by atoms with Crippen molar-refractivity contribution in [2.24, 2.45) is 0 Å². The fourth-order valence-electron chi connectivity index (χ4n) is 4.94. The predicted molar refractivity (Wildman–Crippen MR) is 144 cm³/mol. The van der Waals surface area contributed by atoms with E-state index in [2.05, 4.69) is 16.8 Å². The molecule has 1 amide bonds. The number of aromatic nitrogens is 2. The van der Waals surface area contributed by atoms with Crippen LogP contribution in [0, 0.1) is 5.82 Å². The van der Waals surface area contributed by atoms with Crippen LogP contribution < -0.4 is 9.64 Å². The fraction of sp³-hybridized carbons (Fsp3) is 0.267. The Labute approximate surface area is 221 Å². The minimum Gasteiger partial charge on any atom is -0.508 e. The van der Waals surface area contributed by atoms with Gasteiger partial charge in [0.25, 0.3) is 0 Å². The summed E-state index contributed by atoms with van der Waals surface area (Å²) in [5.74, 6) is 0.899. The normalized spacial score (nSPS) is 16.1. The molecule has 1 unspecified atom stereocenters. The zero-order valence-electron chi connectivity index (χ0n) is 21.3. The summed E-state index contributed by atoms with van der Waals surface area (Å²) < 4.78 is 21.8. The van der Waals surface area contributed by atoms with Crippen LogP contribution in [0.4, 0.5) is 10.1 Å². The largest absolute Gasteiger partial charge is 0.508 e. The van der Waals surface area contributed by atoms with E-state index in [1.54, 1.807) is 41.6 Å². The molecule has 1 aromatic heterocycles. The molecular weight excluding hydrogens is 483 g/mol. The molecule has 196 valence electrons. The first kappa shape index (κ1) is 25.5. The molecule has 2 heterocycles. The number of nitrogens with zero attached hydrogens (tertiary/aromatic N) is 4. The first-order valence-corrected chi connectivity index (χ1v) is 12.8. The molecule has 0 radical (unpaired) electrons. The number of para-hydroxylation sites is 2. The van der Waals surface area contributed by atoms with Crippen molar-refractivity contribution < 1.29 is 19.0 Å². The monoisotopic (exact) mass is 514 g/mol. The minimum absolute atomic E-state index is 0.0134. The molecule has 4 aromatic rings. The second-order valence-corrected chi connectivity index (χ2v) is 9.56. The lowest BCUT2D eigenvalue weighted by Crippen LogP contribution is -2.56. The summed E-state index contributed by atoms with van der Waals surface area (Å²) in [4.78, 5) is 21.8. The standard InChI is InChI=1S/C30H31FN4O3/c1-2-7-24-19-35(28-12-3-4-13-29(28)38-27-11-6-10-26(36)15-27)30(37)20-33(24)18-25-16-32-21-34(25)17-22-8-5-9-23(31)14-22/h3-6,8-16,21,24,36H,2,7,17-20H2,1H3. The van der Waals surface area contributed by atoms with Crippen LogP contribution in [0.25, 0.3) is 0 Å². The quantitative estimate of drug-likeness (QED) is 0.316. The lowest BCUT2D eigenvalue weighted by Gasteiger charge is -2.41. The summed E-state index contributed by atoms with van der Waals surface area (Å²) in [6, 6.07) is 20.8. The van der Waals surface area contributed by atoms with Crippen molar-refractivity contribution >= 4 is 11.6 Å². The SMILES string of the molecule is CCCC1CN(c2ccccc2Oc2cccc(O)c2)C(=O)CN1Cc1cncn1Cc1cccc(F)c1. The van der Waals surface area contributed by atoms with E-state index >= 15 is 0 Å². The van der Waals surface area contributed by atoms with Gasteiger partial charge in [0.05, 0.1) is 24.3 Å². The van der Waals surface area contributed by atoms with E-state index in [1.807, 2.05) is 41.1 Å². The third-order valence-electron chi connectivity index (χ3n) is 6.78. The fourth-order valence-corrected chi connectivity index (χ4v) is 4.94. The first-order chi connectivity index (χ1) is 18.5. The Kier molecular flexibility index (Phi) is 7.70. The average molecular weight is 515 g/mol. The van der Waals surface area contributed by atoms with Crippen LogP contribution in [0.2, 0.25) is 0 Å². The maximum Gasteiger partial charge on any atom is 0.241 e. The number of carbonyl (C=O) groups excluding carboxylic acids is 1. The lowest BCUT2D eigenvalue weighted by atomic mass is 10.0. The Morgan fingerprint density at radius 1 is 1.05 bits per heavy atom. The zero-order valence-corrected chi connectivity index (χ0v) is 21.3. The number of anilines is 1. The van der Waals surface area contributed by atoms with Gasteiger partial charge in [-0.25, -0.2) is 9.37 Å². The van der Waals surface area contributed by atoms with Crippen molar-refractivity contribution in [1.29, 1.82) is 0 Å². The van der Waals surface area contributed by atoms with Crippen molar-refractivity contribution in [1.82, 2.24) is 14.5 Å². The number of imidazole rings is 1. The molecule has 0 saturated carbocycles. The molecule has 8 heteroatoms. The smallest absolute Gasteiger partial charge is 0.241 e. The number of aromatic hydroxyl groups is 1. The number of hydrogen-bond acceptors (Lipinski definition) is 5. The highest BCUT2D eigenvalue weighted by Gasteiger charge is 2.34. The van der Waals surface area contributed by atoms with E-state index in [0.717, 1.165) is 24.1 Å². The van der Waals surface area contributed by atoms with E-state index in [0.29, 0.717) is 36.8 Å². The summed E-state index contributed by atoms with van der Waals surface area (Å²) >= 11 is 0. The highest BCUT2D eigenvalue weighted by atomic mass is 19.1. The molecule has 1 saturated heterocycles. The van der Waals surface area contributed by atoms with Crippen molar-refractivity contribution in [3.8, 4) is 17.2 Å². The van der Waals surface area contributed by atoms with E-state index in [1.165, 1.54) is 12.1 Å². The average Bonchev–Trinajstić information content (AvgIpc) is 3.32. The van der Waals surface area contributed by atoms with Crippen LogP contribution in [0.5, 0.6) is 17.2 Å². The number of carbonyl (C=O) groups is 1. The molecule has 0 aliphatic carbocycles. The van der Waals surface area contributed by atoms with E-state index in [9.17, 15) is 14.3 Å². The zero-order chi connectivity index (χ0) is 26.5. The summed E-state index contributed by atoms with van der Waals surface area (Å²) in [5.41, 5.74) is 2.54. The molecule has 1 aliphatic heterocycles. The molecular formula is C30H31FN4O3. The molecule has 1 N–H and O–H groups in total. The number of amides is 1. The number of ether oxygens (including phenoxy) is 1. The number of piperazine rings is 1. The van der Waals surface area contributed by atoms with Crippen molar-refractivity contribution in [2.75, 3.05) is 18.0 Å². The van der Waals surface area contributed by atoms with Gasteiger partial charge in [0.1, 0.15) is 17.3 Å².